The van der Waals surface area contributed by atoms with Crippen LogP contribution in [0, 0.1) is 11.8 Å². The summed E-state index contributed by atoms with van der Waals surface area (Å²) in [6.45, 7) is 8.51. The number of fused-ring (bicyclic) bond motifs is 8. The van der Waals surface area contributed by atoms with Crippen LogP contribution in [-0.2, 0) is 12.4 Å². The maximum Gasteiger partial charge on any atom is 0.417 e. The lowest BCUT2D eigenvalue weighted by Gasteiger charge is -2.45. The Balaban J connectivity index is 1.06. The Kier molecular flexibility index (Phi) is 10.6. The lowest BCUT2D eigenvalue weighted by atomic mass is 9.63. The number of furan rings is 2. The van der Waals surface area contributed by atoms with E-state index in [1.807, 2.05) is 107 Å². The zero-order valence-electron chi connectivity index (χ0n) is 42.8. The molecule has 0 saturated heterocycles. The van der Waals surface area contributed by atoms with Crippen LogP contribution in [0.4, 0.5) is 54.8 Å². The smallest absolute Gasteiger partial charge is 0.417 e. The van der Waals surface area contributed by atoms with Crippen LogP contribution in [0.5, 0.6) is 0 Å². The lowest BCUT2D eigenvalue weighted by molar-refractivity contribution is -0.137. The van der Waals surface area contributed by atoms with Gasteiger partial charge >= 0.3 is 12.4 Å². The first-order valence-corrected chi connectivity index (χ1v) is 26.3. The second-order valence-corrected chi connectivity index (χ2v) is 21.3. The maximum atomic E-state index is 15.5. The predicted molar refractivity (Wildman–Crippen MR) is 304 cm³/mol. The zero-order valence-corrected chi connectivity index (χ0v) is 42.8. The Hall–Kier alpha value is -8.76. The van der Waals surface area contributed by atoms with Crippen molar-refractivity contribution in [1.29, 1.82) is 0 Å². The van der Waals surface area contributed by atoms with Gasteiger partial charge in [-0.25, -0.2) is 0 Å². The van der Waals surface area contributed by atoms with Gasteiger partial charge in [0.1, 0.15) is 11.2 Å². The SMILES string of the molecule is CC(C)C1=C2C=Cc3c(N(c4cc(C(F)(F)F)c5ccccc5c4)c4cccc5c4oc4ccccc45)cc(C(C)C)c4c3C2C(C=C4)C(N(c2cc(C(F)(F)F)c3ccccc3c2)c2cccc3c2oc2ccccc23)=C1. The fourth-order valence-corrected chi connectivity index (χ4v) is 12.8. The van der Waals surface area contributed by atoms with Crippen LogP contribution in [0.3, 0.4) is 0 Å². The van der Waals surface area contributed by atoms with E-state index in [0.717, 1.165) is 60.6 Å². The van der Waals surface area contributed by atoms with Crippen molar-refractivity contribution in [1.82, 2.24) is 0 Å². The highest BCUT2D eigenvalue weighted by molar-refractivity contribution is 6.12. The van der Waals surface area contributed by atoms with E-state index < -0.39 is 29.4 Å². The summed E-state index contributed by atoms with van der Waals surface area (Å²) in [5.74, 6) is -0.945. The zero-order chi connectivity index (χ0) is 53.5. The minimum atomic E-state index is -4.69. The third-order valence-electron chi connectivity index (χ3n) is 16.2. The van der Waals surface area contributed by atoms with Gasteiger partial charge in [0, 0.05) is 56.0 Å². The number of benzene rings is 9. The molecule has 2 heterocycles. The number of para-hydroxylation sites is 4. The molecule has 0 fully saturated rings. The number of hydrogen-bond donors (Lipinski definition) is 0. The molecule has 10 heteroatoms. The van der Waals surface area contributed by atoms with Gasteiger partial charge in [-0.1, -0.05) is 161 Å². The quantitative estimate of drug-likeness (QED) is 0.142. The molecule has 4 nitrogen and oxygen atoms in total. The number of rotatable bonds is 8. The summed E-state index contributed by atoms with van der Waals surface area (Å²) in [5.41, 5.74) is 9.85. The van der Waals surface area contributed by atoms with E-state index in [1.54, 1.807) is 36.4 Å². The van der Waals surface area contributed by atoms with E-state index in [0.29, 0.717) is 61.5 Å². The number of halogens is 6. The fourth-order valence-electron chi connectivity index (χ4n) is 12.8. The first-order valence-electron chi connectivity index (χ1n) is 26.3. The molecule has 2 unspecified atom stereocenters. The number of anilines is 5. The molecule has 0 spiro atoms. The fraction of sp³-hybridized carbons (Fsp3) is 0.147. The molecule has 384 valence electrons. The van der Waals surface area contributed by atoms with Gasteiger partial charge in [0.2, 0.25) is 0 Å². The molecule has 9 aromatic carbocycles. The molecule has 3 aliphatic carbocycles. The summed E-state index contributed by atoms with van der Waals surface area (Å²) in [4.78, 5) is 3.91. The van der Waals surface area contributed by atoms with Crippen LogP contribution in [-0.4, -0.2) is 0 Å². The molecule has 0 radical (unpaired) electrons. The Morgan fingerprint density at radius 3 is 1.50 bits per heavy atom. The molecule has 3 aliphatic rings. The van der Waals surface area contributed by atoms with Crippen LogP contribution >= 0.6 is 0 Å². The molecule has 78 heavy (non-hydrogen) atoms. The molecular formula is C68H48F6N2O2. The van der Waals surface area contributed by atoms with E-state index in [2.05, 4.69) is 64.1 Å². The molecule has 14 rings (SSSR count). The molecule has 0 aliphatic heterocycles. The van der Waals surface area contributed by atoms with E-state index >= 15 is 26.3 Å². The van der Waals surface area contributed by atoms with Crippen molar-refractivity contribution in [3.05, 3.63) is 232 Å². The highest BCUT2D eigenvalue weighted by Gasteiger charge is 2.44. The van der Waals surface area contributed by atoms with Crippen molar-refractivity contribution >= 4 is 106 Å². The molecule has 0 N–H and O–H groups in total. The van der Waals surface area contributed by atoms with Crippen LogP contribution in [0.15, 0.2) is 208 Å². The summed E-state index contributed by atoms with van der Waals surface area (Å²) in [6.07, 6.45) is 1.36. The summed E-state index contributed by atoms with van der Waals surface area (Å²) in [5, 5.41) is 4.43. The average Bonchev–Trinajstić information content (AvgIpc) is 4.02. The van der Waals surface area contributed by atoms with Gasteiger partial charge in [-0.2, -0.15) is 26.3 Å². The highest BCUT2D eigenvalue weighted by atomic mass is 19.4. The summed E-state index contributed by atoms with van der Waals surface area (Å²) in [6, 6.07) is 48.5. The van der Waals surface area contributed by atoms with Gasteiger partial charge in [-0.3, -0.25) is 0 Å². The van der Waals surface area contributed by atoms with E-state index in [4.69, 9.17) is 8.83 Å². The number of hydrogen-bond acceptors (Lipinski definition) is 4. The second kappa shape index (κ2) is 17.4. The number of allylic oxidation sites excluding steroid dienone is 5. The third kappa shape index (κ3) is 7.29. The lowest BCUT2D eigenvalue weighted by Crippen LogP contribution is -2.34. The normalized spacial score (nSPS) is 16.2. The molecule has 0 saturated carbocycles. The van der Waals surface area contributed by atoms with Gasteiger partial charge in [0.15, 0.2) is 11.2 Å². The Labute approximate surface area is 445 Å². The highest BCUT2D eigenvalue weighted by Crippen LogP contribution is 2.59. The van der Waals surface area contributed by atoms with Crippen LogP contribution in [0.25, 0.3) is 77.6 Å². The average molecular weight is 1040 g/mol. The van der Waals surface area contributed by atoms with Gasteiger partial charge in [0.25, 0.3) is 0 Å². The van der Waals surface area contributed by atoms with Crippen LogP contribution in [0.2, 0.25) is 0 Å². The Morgan fingerprint density at radius 1 is 0.462 bits per heavy atom. The minimum Gasteiger partial charge on any atom is -0.454 e. The molecule has 0 amide bonds. The Morgan fingerprint density at radius 2 is 0.962 bits per heavy atom. The van der Waals surface area contributed by atoms with Gasteiger partial charge in [-0.15, -0.1) is 0 Å². The van der Waals surface area contributed by atoms with E-state index in [1.165, 1.54) is 24.3 Å². The standard InChI is InChI=1S/C68H48F6N2O2/c1-37(2)53-35-59(75(41-31-39-15-5-7-17-43(39)55(33-41)67(69,70)71)57-23-13-21-49-45-19-9-11-25-61(45)77-65(49)57)51-30-28-48-54(38(3)4)36-60(52-29-27-47(53)63(51)64(48)52)76(42-32-40-16-6-8-18-44(40)56(34-42)68(72,73)74)58-24-14-22-50-46-20-10-12-26-62(46)78-66(50)58/h5-38,51,63H,1-4H3. The van der Waals surface area contributed by atoms with Crippen LogP contribution in [0.1, 0.15) is 72.9 Å². The molecule has 11 aromatic rings. The number of alkyl halides is 6. The molecular weight excluding hydrogens is 991 g/mol. The van der Waals surface area contributed by atoms with Crippen molar-refractivity contribution < 1.29 is 35.2 Å². The summed E-state index contributed by atoms with van der Waals surface area (Å²) < 4.78 is 107. The van der Waals surface area contributed by atoms with Crippen molar-refractivity contribution in [2.45, 2.75) is 51.9 Å². The largest absolute Gasteiger partial charge is 0.454 e. The summed E-state index contributed by atoms with van der Waals surface area (Å²) >= 11 is 0. The Bertz CT molecular complexity index is 4470. The van der Waals surface area contributed by atoms with E-state index in [-0.39, 0.29) is 28.5 Å². The van der Waals surface area contributed by atoms with Gasteiger partial charge in [0.05, 0.1) is 28.2 Å². The maximum absolute atomic E-state index is 15.5. The number of nitrogens with zero attached hydrogens (tertiary/aromatic N) is 2. The third-order valence-corrected chi connectivity index (χ3v) is 16.2. The van der Waals surface area contributed by atoms with E-state index in [9.17, 15) is 0 Å². The topological polar surface area (TPSA) is 32.8 Å². The van der Waals surface area contributed by atoms with Crippen molar-refractivity contribution in [3.63, 3.8) is 0 Å². The first kappa shape index (κ1) is 47.7. The van der Waals surface area contributed by atoms with Gasteiger partial charge in [-0.05, 0) is 122 Å². The van der Waals surface area contributed by atoms with Crippen molar-refractivity contribution in [2.24, 2.45) is 11.8 Å². The van der Waals surface area contributed by atoms with Gasteiger partial charge < -0.3 is 18.6 Å². The van der Waals surface area contributed by atoms with Crippen LogP contribution < -0.4 is 9.80 Å². The minimum absolute atomic E-state index is 0.0454. The van der Waals surface area contributed by atoms with Crippen molar-refractivity contribution in [3.8, 4) is 0 Å². The summed E-state index contributed by atoms with van der Waals surface area (Å²) in [7, 11) is 0. The second-order valence-electron chi connectivity index (χ2n) is 21.3. The monoisotopic (exact) mass is 1040 g/mol. The van der Waals surface area contributed by atoms with Crippen molar-refractivity contribution in [2.75, 3.05) is 9.80 Å². The first-order chi connectivity index (χ1) is 37.6. The molecule has 2 atom stereocenters. The molecule has 0 bridgehead atoms. The predicted octanol–water partition coefficient (Wildman–Crippen LogP) is 20.9. The molecule has 2 aromatic heterocycles.